The Bertz CT molecular complexity index is 529. The van der Waals surface area contributed by atoms with Crippen molar-refractivity contribution >= 4 is 46.4 Å². The average molecular weight is 348 g/mol. The number of piperidine rings is 1. The number of carbonyl (C=O) groups is 1. The van der Waals surface area contributed by atoms with Gasteiger partial charge in [-0.1, -0.05) is 34.8 Å². The molecule has 0 spiro atoms. The number of anilines is 1. The average Bonchev–Trinajstić information content (AvgIpc) is 2.73. The van der Waals surface area contributed by atoms with Crippen LogP contribution in [0.1, 0.15) is 32.1 Å². The molecule has 0 aromatic heterocycles. The van der Waals surface area contributed by atoms with Gasteiger partial charge in [-0.2, -0.15) is 0 Å². The lowest BCUT2D eigenvalue weighted by Crippen LogP contribution is -2.39. The highest BCUT2D eigenvalue weighted by Gasteiger charge is 2.34. The second kappa shape index (κ2) is 6.33. The lowest BCUT2D eigenvalue weighted by Gasteiger charge is -2.28. The van der Waals surface area contributed by atoms with Crippen LogP contribution in [0.25, 0.3) is 0 Å². The Balaban J connectivity index is 1.62. The highest BCUT2D eigenvalue weighted by molar-refractivity contribution is 6.42. The Morgan fingerprint density at radius 1 is 1.14 bits per heavy atom. The Labute approximate surface area is 139 Å². The normalized spacial score (nSPS) is 27.7. The molecule has 0 aliphatic carbocycles. The largest absolute Gasteiger partial charge is 0.324 e. The molecule has 1 amide bonds. The van der Waals surface area contributed by atoms with E-state index >= 15 is 0 Å². The summed E-state index contributed by atoms with van der Waals surface area (Å²) in [5, 5.41) is 7.59. The third-order valence-electron chi connectivity index (χ3n) is 4.32. The zero-order chi connectivity index (χ0) is 15.0. The molecule has 1 aromatic carbocycles. The minimum atomic E-state index is -0.0348. The minimum absolute atomic E-state index is 0.0348. The van der Waals surface area contributed by atoms with Crippen molar-refractivity contribution in [3.8, 4) is 0 Å². The van der Waals surface area contributed by atoms with Gasteiger partial charge in [-0.25, -0.2) is 0 Å². The van der Waals surface area contributed by atoms with Gasteiger partial charge in [0.2, 0.25) is 5.91 Å². The highest BCUT2D eigenvalue weighted by Crippen LogP contribution is 2.35. The van der Waals surface area contributed by atoms with Gasteiger partial charge in [0.1, 0.15) is 0 Å². The number of hydrogen-bond donors (Lipinski definition) is 2. The van der Waals surface area contributed by atoms with E-state index in [1.807, 2.05) is 0 Å². The quantitative estimate of drug-likeness (QED) is 0.845. The maximum Gasteiger partial charge on any atom is 0.224 e. The van der Waals surface area contributed by atoms with Crippen molar-refractivity contribution in [1.82, 2.24) is 5.32 Å². The summed E-state index contributed by atoms with van der Waals surface area (Å²) in [5.74, 6) is 0.404. The van der Waals surface area contributed by atoms with Gasteiger partial charge in [0.05, 0.1) is 15.7 Å². The summed E-state index contributed by atoms with van der Waals surface area (Å²) >= 11 is 18.0. The summed E-state index contributed by atoms with van der Waals surface area (Å²) in [7, 11) is 0. The van der Waals surface area contributed by atoms with Crippen LogP contribution in [0.5, 0.6) is 0 Å². The maximum atomic E-state index is 12.2. The molecule has 2 bridgehead atoms. The van der Waals surface area contributed by atoms with Gasteiger partial charge < -0.3 is 10.6 Å². The van der Waals surface area contributed by atoms with Gasteiger partial charge in [0.15, 0.2) is 0 Å². The summed E-state index contributed by atoms with van der Waals surface area (Å²) in [4.78, 5) is 12.2. The highest BCUT2D eigenvalue weighted by atomic mass is 35.5. The van der Waals surface area contributed by atoms with E-state index < -0.39 is 0 Å². The fourth-order valence-corrected chi connectivity index (χ4v) is 4.37. The molecule has 2 atom stereocenters. The van der Waals surface area contributed by atoms with Crippen LogP contribution in [-0.4, -0.2) is 18.0 Å². The van der Waals surface area contributed by atoms with Crippen LogP contribution in [0.15, 0.2) is 12.1 Å². The molecular formula is C15H17Cl3N2O. The van der Waals surface area contributed by atoms with Crippen molar-refractivity contribution < 1.29 is 4.79 Å². The Hall–Kier alpha value is -0.480. The minimum Gasteiger partial charge on any atom is -0.324 e. The predicted molar refractivity (Wildman–Crippen MR) is 87.4 cm³/mol. The van der Waals surface area contributed by atoms with Crippen LogP contribution in [0, 0.1) is 5.92 Å². The molecular weight excluding hydrogens is 331 g/mol. The number of hydrogen-bond acceptors (Lipinski definition) is 2. The number of fused-ring (bicyclic) bond motifs is 2. The molecule has 3 nitrogen and oxygen atoms in total. The van der Waals surface area contributed by atoms with E-state index in [-0.39, 0.29) is 5.91 Å². The summed E-state index contributed by atoms with van der Waals surface area (Å²) in [6.45, 7) is 0. The van der Waals surface area contributed by atoms with Crippen molar-refractivity contribution in [3.05, 3.63) is 27.2 Å². The Morgan fingerprint density at radius 3 is 2.29 bits per heavy atom. The van der Waals surface area contributed by atoms with Crippen molar-refractivity contribution in [2.45, 2.75) is 44.2 Å². The van der Waals surface area contributed by atoms with E-state index in [0.29, 0.717) is 45.2 Å². The molecule has 0 saturated carbocycles. The van der Waals surface area contributed by atoms with E-state index in [4.69, 9.17) is 34.8 Å². The van der Waals surface area contributed by atoms with E-state index in [0.717, 1.165) is 12.8 Å². The third kappa shape index (κ3) is 3.65. The smallest absolute Gasteiger partial charge is 0.224 e. The molecule has 6 heteroatoms. The molecule has 21 heavy (non-hydrogen) atoms. The number of halogens is 3. The summed E-state index contributed by atoms with van der Waals surface area (Å²) < 4.78 is 0. The third-order valence-corrected chi connectivity index (χ3v) is 5.13. The molecule has 2 fully saturated rings. The molecule has 2 heterocycles. The number of rotatable bonds is 3. The van der Waals surface area contributed by atoms with E-state index in [2.05, 4.69) is 10.6 Å². The van der Waals surface area contributed by atoms with Gasteiger partial charge in [-0.05, 0) is 43.7 Å². The van der Waals surface area contributed by atoms with Crippen molar-refractivity contribution in [3.63, 3.8) is 0 Å². The SMILES string of the molecule is O=C(CC1CC2CCC(C1)N2)Nc1c(Cl)cc(Cl)cc1Cl. The molecule has 2 saturated heterocycles. The first-order chi connectivity index (χ1) is 10.0. The molecule has 114 valence electrons. The van der Waals surface area contributed by atoms with Gasteiger partial charge in [-0.3, -0.25) is 4.79 Å². The number of carbonyl (C=O) groups excluding carboxylic acids is 1. The predicted octanol–water partition coefficient (Wildman–Crippen LogP) is 4.51. The maximum absolute atomic E-state index is 12.2. The fourth-order valence-electron chi connectivity index (χ4n) is 3.46. The Morgan fingerprint density at radius 2 is 1.71 bits per heavy atom. The van der Waals surface area contributed by atoms with Gasteiger partial charge in [0, 0.05) is 23.5 Å². The second-order valence-electron chi connectivity index (χ2n) is 5.97. The molecule has 2 N–H and O–H groups in total. The van der Waals surface area contributed by atoms with Crippen LogP contribution in [0.4, 0.5) is 5.69 Å². The summed E-state index contributed by atoms with van der Waals surface area (Å²) in [6, 6.07) is 4.33. The number of nitrogens with one attached hydrogen (secondary N) is 2. The zero-order valence-corrected chi connectivity index (χ0v) is 13.7. The molecule has 2 aliphatic heterocycles. The first-order valence-corrected chi connectivity index (χ1v) is 8.35. The van der Waals surface area contributed by atoms with Crippen molar-refractivity contribution in [2.24, 2.45) is 5.92 Å². The van der Waals surface area contributed by atoms with Crippen LogP contribution >= 0.6 is 34.8 Å². The summed E-state index contributed by atoms with van der Waals surface area (Å²) in [5.41, 5.74) is 0.449. The van der Waals surface area contributed by atoms with Gasteiger partial charge >= 0.3 is 0 Å². The number of amides is 1. The molecule has 0 radical (unpaired) electrons. The summed E-state index contributed by atoms with van der Waals surface area (Å²) in [6.07, 6.45) is 5.14. The second-order valence-corrected chi connectivity index (χ2v) is 7.22. The van der Waals surface area contributed by atoms with Gasteiger partial charge in [-0.15, -0.1) is 0 Å². The molecule has 1 aromatic rings. The standard InChI is InChI=1S/C15H17Cl3N2O/c16-9-6-12(17)15(13(18)7-9)20-14(21)5-8-3-10-1-2-11(4-8)19-10/h6-8,10-11,19H,1-5H2,(H,20,21). The number of benzene rings is 1. The van der Waals surface area contributed by atoms with Gasteiger partial charge in [0.25, 0.3) is 0 Å². The van der Waals surface area contributed by atoms with Crippen molar-refractivity contribution in [1.29, 1.82) is 0 Å². The topological polar surface area (TPSA) is 41.1 Å². The molecule has 2 unspecified atom stereocenters. The van der Waals surface area contributed by atoms with E-state index in [1.54, 1.807) is 12.1 Å². The van der Waals surface area contributed by atoms with E-state index in [9.17, 15) is 4.79 Å². The lowest BCUT2D eigenvalue weighted by atomic mass is 9.89. The van der Waals surface area contributed by atoms with Crippen LogP contribution in [0.2, 0.25) is 15.1 Å². The zero-order valence-electron chi connectivity index (χ0n) is 11.5. The van der Waals surface area contributed by atoms with E-state index in [1.165, 1.54) is 12.8 Å². The Kier molecular flexibility index (Phi) is 4.65. The lowest BCUT2D eigenvalue weighted by molar-refractivity contribution is -0.117. The fraction of sp³-hybridized carbons (Fsp3) is 0.533. The van der Waals surface area contributed by atoms with Crippen LogP contribution in [0.3, 0.4) is 0 Å². The van der Waals surface area contributed by atoms with Crippen molar-refractivity contribution in [2.75, 3.05) is 5.32 Å². The van der Waals surface area contributed by atoms with Crippen LogP contribution < -0.4 is 10.6 Å². The molecule has 2 aliphatic rings. The first kappa shape index (κ1) is 15.4. The first-order valence-electron chi connectivity index (χ1n) is 7.21. The van der Waals surface area contributed by atoms with Crippen LogP contribution in [-0.2, 0) is 4.79 Å². The molecule has 3 rings (SSSR count). The monoisotopic (exact) mass is 346 g/mol.